The molecule has 108 valence electrons. The minimum atomic E-state index is 0.360. The molecule has 0 bridgehead atoms. The highest BCUT2D eigenvalue weighted by Crippen LogP contribution is 2.27. The molecule has 0 aliphatic carbocycles. The van der Waals surface area contributed by atoms with Crippen LogP contribution in [0.4, 0.5) is 5.82 Å². The van der Waals surface area contributed by atoms with E-state index in [9.17, 15) is 0 Å². The van der Waals surface area contributed by atoms with Gasteiger partial charge < -0.3 is 9.88 Å². The molecule has 0 aromatic carbocycles. The van der Waals surface area contributed by atoms with Gasteiger partial charge in [0.15, 0.2) is 0 Å². The Morgan fingerprint density at radius 3 is 3.24 bits per heavy atom. The SMILES string of the molecule is CCc1nnc2n1C[C@H](Nc1ncnc3ccsc13)CC2. The molecule has 6 nitrogen and oxygen atoms in total. The topological polar surface area (TPSA) is 68.5 Å². The van der Waals surface area contributed by atoms with Crippen molar-refractivity contribution in [3.63, 3.8) is 0 Å². The molecule has 1 aliphatic rings. The molecule has 0 saturated heterocycles. The third kappa shape index (κ3) is 2.17. The number of aryl methyl sites for hydroxylation is 2. The molecular formula is C14H16N6S. The average molecular weight is 300 g/mol. The first-order valence-corrected chi connectivity index (χ1v) is 8.09. The summed E-state index contributed by atoms with van der Waals surface area (Å²) in [7, 11) is 0. The van der Waals surface area contributed by atoms with Crippen molar-refractivity contribution in [2.24, 2.45) is 0 Å². The highest BCUT2D eigenvalue weighted by molar-refractivity contribution is 7.17. The number of anilines is 1. The van der Waals surface area contributed by atoms with Gasteiger partial charge in [-0.1, -0.05) is 6.92 Å². The summed E-state index contributed by atoms with van der Waals surface area (Å²) in [6.45, 7) is 3.02. The number of hydrogen-bond acceptors (Lipinski definition) is 6. The second-order valence-corrected chi connectivity index (χ2v) is 6.15. The molecule has 1 aliphatic heterocycles. The molecule has 4 rings (SSSR count). The maximum atomic E-state index is 4.41. The first kappa shape index (κ1) is 12.7. The van der Waals surface area contributed by atoms with Gasteiger partial charge in [-0.2, -0.15) is 0 Å². The van der Waals surface area contributed by atoms with Crippen LogP contribution in [0, 0.1) is 0 Å². The highest BCUT2D eigenvalue weighted by Gasteiger charge is 2.23. The fraction of sp³-hybridized carbons (Fsp3) is 0.429. The fourth-order valence-corrected chi connectivity index (χ4v) is 3.65. The fourth-order valence-electron chi connectivity index (χ4n) is 2.85. The minimum absolute atomic E-state index is 0.360. The van der Waals surface area contributed by atoms with Crippen LogP contribution in [0.1, 0.15) is 25.0 Å². The van der Waals surface area contributed by atoms with Gasteiger partial charge in [0.25, 0.3) is 0 Å². The number of thiophene rings is 1. The molecule has 0 fully saturated rings. The van der Waals surface area contributed by atoms with Crippen molar-refractivity contribution in [2.75, 3.05) is 5.32 Å². The summed E-state index contributed by atoms with van der Waals surface area (Å²) in [6.07, 6.45) is 4.56. The Balaban J connectivity index is 1.60. The summed E-state index contributed by atoms with van der Waals surface area (Å²) >= 11 is 1.68. The quantitative estimate of drug-likeness (QED) is 0.803. The Labute approximate surface area is 126 Å². The first-order chi connectivity index (χ1) is 10.3. The Morgan fingerprint density at radius 2 is 2.33 bits per heavy atom. The standard InChI is InChI=1S/C14H16N6S/c1-2-11-18-19-12-4-3-9(7-20(11)12)17-14-13-10(5-6-21-13)15-8-16-14/h5-6,8-9H,2-4,7H2,1H3,(H,15,16,17)/t9-/m1/s1. The Kier molecular flexibility index (Phi) is 3.07. The van der Waals surface area contributed by atoms with Crippen LogP contribution in [0.5, 0.6) is 0 Å². The van der Waals surface area contributed by atoms with Crippen LogP contribution in [-0.2, 0) is 19.4 Å². The van der Waals surface area contributed by atoms with Crippen LogP contribution >= 0.6 is 11.3 Å². The molecule has 21 heavy (non-hydrogen) atoms. The van der Waals surface area contributed by atoms with Crippen LogP contribution in [0.3, 0.4) is 0 Å². The zero-order valence-corrected chi connectivity index (χ0v) is 12.6. The smallest absolute Gasteiger partial charge is 0.147 e. The van der Waals surface area contributed by atoms with Gasteiger partial charge in [-0.3, -0.25) is 0 Å². The molecule has 1 N–H and O–H groups in total. The van der Waals surface area contributed by atoms with Crippen LogP contribution in [0.25, 0.3) is 10.2 Å². The molecule has 0 spiro atoms. The number of nitrogens with one attached hydrogen (secondary N) is 1. The van der Waals surface area contributed by atoms with E-state index in [0.29, 0.717) is 6.04 Å². The molecule has 1 atom stereocenters. The van der Waals surface area contributed by atoms with E-state index in [-0.39, 0.29) is 0 Å². The van der Waals surface area contributed by atoms with Gasteiger partial charge in [0.2, 0.25) is 0 Å². The van der Waals surface area contributed by atoms with Crippen molar-refractivity contribution in [3.8, 4) is 0 Å². The van der Waals surface area contributed by atoms with Gasteiger partial charge in [-0.15, -0.1) is 21.5 Å². The van der Waals surface area contributed by atoms with Gasteiger partial charge in [0.05, 0.1) is 10.2 Å². The van der Waals surface area contributed by atoms with Gasteiger partial charge in [-0.05, 0) is 17.9 Å². The number of nitrogens with zero attached hydrogens (tertiary/aromatic N) is 5. The summed E-state index contributed by atoms with van der Waals surface area (Å²) in [5.74, 6) is 3.11. The van der Waals surface area contributed by atoms with Crippen molar-refractivity contribution in [1.82, 2.24) is 24.7 Å². The Hall–Kier alpha value is -2.02. The first-order valence-electron chi connectivity index (χ1n) is 7.21. The Bertz CT molecular complexity index is 763. The summed E-state index contributed by atoms with van der Waals surface area (Å²) in [5.41, 5.74) is 1.01. The summed E-state index contributed by atoms with van der Waals surface area (Å²) in [5, 5.41) is 14.2. The third-order valence-electron chi connectivity index (χ3n) is 3.92. The second kappa shape index (κ2) is 5.07. The van der Waals surface area contributed by atoms with Crippen molar-refractivity contribution in [3.05, 3.63) is 29.4 Å². The van der Waals surface area contributed by atoms with Crippen LogP contribution in [-0.4, -0.2) is 30.8 Å². The van der Waals surface area contributed by atoms with Crippen LogP contribution < -0.4 is 5.32 Å². The maximum absolute atomic E-state index is 4.41. The zero-order chi connectivity index (χ0) is 14.2. The molecule has 0 radical (unpaired) electrons. The van der Waals surface area contributed by atoms with E-state index in [2.05, 4.69) is 42.4 Å². The van der Waals surface area contributed by atoms with E-state index in [4.69, 9.17) is 0 Å². The van der Waals surface area contributed by atoms with Crippen molar-refractivity contribution in [1.29, 1.82) is 0 Å². The van der Waals surface area contributed by atoms with E-state index in [1.165, 1.54) is 0 Å². The molecule has 0 unspecified atom stereocenters. The lowest BCUT2D eigenvalue weighted by atomic mass is 10.1. The maximum Gasteiger partial charge on any atom is 0.147 e. The van der Waals surface area contributed by atoms with Gasteiger partial charge in [0, 0.05) is 25.4 Å². The molecule has 0 saturated carbocycles. The van der Waals surface area contributed by atoms with E-state index < -0.39 is 0 Å². The molecule has 3 aromatic heterocycles. The summed E-state index contributed by atoms with van der Waals surface area (Å²) in [4.78, 5) is 8.69. The van der Waals surface area contributed by atoms with Gasteiger partial charge in [0.1, 0.15) is 23.8 Å². The largest absolute Gasteiger partial charge is 0.364 e. The second-order valence-electron chi connectivity index (χ2n) is 5.23. The number of fused-ring (bicyclic) bond motifs is 2. The average Bonchev–Trinajstić information content (AvgIpc) is 3.13. The Morgan fingerprint density at radius 1 is 1.38 bits per heavy atom. The highest BCUT2D eigenvalue weighted by atomic mass is 32.1. The molecule has 0 amide bonds. The molecule has 3 aromatic rings. The van der Waals surface area contributed by atoms with Crippen molar-refractivity contribution >= 4 is 27.4 Å². The predicted octanol–water partition coefficient (Wildman–Crippen LogP) is 2.27. The van der Waals surface area contributed by atoms with Crippen LogP contribution in [0.15, 0.2) is 17.8 Å². The van der Waals surface area contributed by atoms with E-state index in [1.54, 1.807) is 17.7 Å². The van der Waals surface area contributed by atoms with E-state index in [0.717, 1.165) is 53.5 Å². The minimum Gasteiger partial charge on any atom is -0.364 e. The lowest BCUT2D eigenvalue weighted by Crippen LogP contribution is -2.32. The van der Waals surface area contributed by atoms with Gasteiger partial charge >= 0.3 is 0 Å². The molecular weight excluding hydrogens is 284 g/mol. The lowest BCUT2D eigenvalue weighted by molar-refractivity contribution is 0.465. The van der Waals surface area contributed by atoms with E-state index in [1.807, 2.05) is 6.07 Å². The zero-order valence-electron chi connectivity index (χ0n) is 11.8. The predicted molar refractivity (Wildman–Crippen MR) is 82.5 cm³/mol. The molecule has 7 heteroatoms. The number of hydrogen-bond donors (Lipinski definition) is 1. The normalized spacial score (nSPS) is 17.9. The summed E-state index contributed by atoms with van der Waals surface area (Å²) in [6, 6.07) is 2.39. The van der Waals surface area contributed by atoms with Crippen molar-refractivity contribution < 1.29 is 0 Å². The monoisotopic (exact) mass is 300 g/mol. The van der Waals surface area contributed by atoms with Crippen LogP contribution in [0.2, 0.25) is 0 Å². The van der Waals surface area contributed by atoms with Crippen molar-refractivity contribution in [2.45, 2.75) is 38.8 Å². The number of aromatic nitrogens is 5. The van der Waals surface area contributed by atoms with Gasteiger partial charge in [-0.25, -0.2) is 9.97 Å². The summed E-state index contributed by atoms with van der Waals surface area (Å²) < 4.78 is 3.37. The lowest BCUT2D eigenvalue weighted by Gasteiger charge is -2.25. The number of rotatable bonds is 3. The van der Waals surface area contributed by atoms with E-state index >= 15 is 0 Å². The third-order valence-corrected chi connectivity index (χ3v) is 4.83. The molecule has 4 heterocycles.